The van der Waals surface area contributed by atoms with Gasteiger partial charge in [0.25, 0.3) is 0 Å². The van der Waals surface area contributed by atoms with Gasteiger partial charge in [0, 0.05) is 26.0 Å². The van der Waals surface area contributed by atoms with Crippen molar-refractivity contribution in [3.05, 3.63) is 131 Å². The van der Waals surface area contributed by atoms with Gasteiger partial charge in [0.2, 0.25) is 11.4 Å². The number of para-hydroxylation sites is 8. The number of nitrogens with one attached hydrogen (secondary N) is 2. The zero-order valence-corrected chi connectivity index (χ0v) is 30.8. The summed E-state index contributed by atoms with van der Waals surface area (Å²) >= 11 is 0. The fourth-order valence-electron chi connectivity index (χ4n) is 4.51. The molecule has 0 aliphatic rings. The molecule has 0 fully saturated rings. The molecule has 0 saturated heterocycles. The molecule has 9 heteroatoms. The summed E-state index contributed by atoms with van der Waals surface area (Å²) < 4.78 is 21.3. The molecule has 4 aromatic carbocycles. The number of hydrogen-bond donors (Lipinski definition) is 2. The number of benzene rings is 4. The first-order valence-corrected chi connectivity index (χ1v) is 14.8. The number of ether oxygens (including phenoxy) is 4. The van der Waals surface area contributed by atoms with Crippen LogP contribution in [0.4, 0.5) is 22.7 Å². The normalized spacial score (nSPS) is 11.7. The molecule has 240 valence electrons. The van der Waals surface area contributed by atoms with Crippen LogP contribution in [0.25, 0.3) is 10.6 Å². The topological polar surface area (TPSA) is 93.1 Å². The second-order valence-corrected chi connectivity index (χ2v) is 10.2. The van der Waals surface area contributed by atoms with E-state index >= 15 is 0 Å². The molecule has 0 aromatic heterocycles. The van der Waals surface area contributed by atoms with E-state index in [1.807, 2.05) is 137 Å². The third kappa shape index (κ3) is 12.8. The fraction of sp³-hybridized carbons (Fsp3) is 0.211. The van der Waals surface area contributed by atoms with Gasteiger partial charge in [0.15, 0.2) is 22.9 Å². The summed E-state index contributed by atoms with van der Waals surface area (Å²) in [7, 11) is 6.62. The molecule has 0 radical (unpaired) electrons. The Bertz CT molecular complexity index is 1570. The van der Waals surface area contributed by atoms with Crippen LogP contribution < -0.4 is 28.9 Å². The van der Waals surface area contributed by atoms with E-state index in [0.717, 1.165) is 68.6 Å². The maximum absolute atomic E-state index is 5.34. The van der Waals surface area contributed by atoms with Crippen LogP contribution in [0.1, 0.15) is 27.7 Å². The zero-order chi connectivity index (χ0) is 33.3. The average molecular weight is 661 g/mol. The van der Waals surface area contributed by atoms with Crippen LogP contribution in [-0.4, -0.2) is 77.6 Å². The summed E-state index contributed by atoms with van der Waals surface area (Å²) in [5.41, 5.74) is 7.20. The zero-order valence-electron chi connectivity index (χ0n) is 28.6. The molecular formula is C38H44CaN4O4+2. The molecule has 8 nitrogen and oxygen atoms in total. The molecule has 0 aliphatic heterocycles. The molecular weight excluding hydrogens is 617 g/mol. The van der Waals surface area contributed by atoms with Gasteiger partial charge in [-0.25, -0.2) is 9.98 Å². The van der Waals surface area contributed by atoms with Crippen molar-refractivity contribution in [2.24, 2.45) is 0 Å². The van der Waals surface area contributed by atoms with E-state index in [0.29, 0.717) is 0 Å². The van der Waals surface area contributed by atoms with Crippen LogP contribution in [0.15, 0.2) is 121 Å². The van der Waals surface area contributed by atoms with Crippen LogP contribution in [0.2, 0.25) is 0 Å². The first kappa shape index (κ1) is 38.9. The van der Waals surface area contributed by atoms with Gasteiger partial charge in [-0.3, -0.25) is 0 Å². The van der Waals surface area contributed by atoms with E-state index in [2.05, 4.69) is 20.6 Å². The summed E-state index contributed by atoms with van der Waals surface area (Å²) in [5, 5.41) is 9.20. The maximum Gasteiger partial charge on any atom is 2.00 e. The van der Waals surface area contributed by atoms with Crippen molar-refractivity contribution in [2.45, 2.75) is 27.7 Å². The minimum atomic E-state index is 0. The van der Waals surface area contributed by atoms with Crippen molar-refractivity contribution in [1.82, 2.24) is 0 Å². The Morgan fingerprint density at radius 1 is 0.468 bits per heavy atom. The Hall–Kier alpha value is -4.24. The number of allylic oxidation sites excluding steroid dienone is 4. The predicted molar refractivity (Wildman–Crippen MR) is 194 cm³/mol. The molecule has 0 atom stereocenters. The van der Waals surface area contributed by atoms with Gasteiger partial charge < -0.3 is 29.6 Å². The Labute approximate surface area is 309 Å². The summed E-state index contributed by atoms with van der Waals surface area (Å²) in [6.07, 6.45) is 3.97. The predicted octanol–water partition coefficient (Wildman–Crippen LogP) is 6.59. The van der Waals surface area contributed by atoms with E-state index in [1.54, 1.807) is 28.4 Å². The van der Waals surface area contributed by atoms with E-state index < -0.39 is 0 Å². The Morgan fingerprint density at radius 3 is 1.11 bits per heavy atom. The Kier molecular flexibility index (Phi) is 17.2. The summed E-state index contributed by atoms with van der Waals surface area (Å²) in [6.45, 7) is 7.90. The second-order valence-electron chi connectivity index (χ2n) is 10.2. The van der Waals surface area contributed by atoms with E-state index in [9.17, 15) is 0 Å². The SMILES string of the molecule is COc1ccccc1[N-]/C(C)=C\C(C)=[NH+]c1ccccc1OC.COc1ccccc1[N-]/C(C)=C\C(C)=[NH+]c1ccccc1OC.[Ca+2]. The third-order valence-electron chi connectivity index (χ3n) is 6.49. The van der Waals surface area contributed by atoms with Gasteiger partial charge >= 0.3 is 37.7 Å². The van der Waals surface area contributed by atoms with Gasteiger partial charge in [-0.05, 0) is 36.4 Å². The van der Waals surface area contributed by atoms with Crippen molar-refractivity contribution >= 4 is 71.9 Å². The van der Waals surface area contributed by atoms with Gasteiger partial charge in [-0.2, -0.15) is 11.4 Å². The second kappa shape index (κ2) is 20.8. The van der Waals surface area contributed by atoms with Crippen LogP contribution in [0.5, 0.6) is 23.0 Å². The van der Waals surface area contributed by atoms with Gasteiger partial charge in [-0.15, -0.1) is 0 Å². The molecule has 0 bridgehead atoms. The third-order valence-corrected chi connectivity index (χ3v) is 6.49. The van der Waals surface area contributed by atoms with Crippen molar-refractivity contribution in [3.8, 4) is 23.0 Å². The minimum absolute atomic E-state index is 0. The number of hydrogen-bond acceptors (Lipinski definition) is 4. The van der Waals surface area contributed by atoms with E-state index in [-0.39, 0.29) is 37.7 Å². The molecule has 0 amide bonds. The van der Waals surface area contributed by atoms with Gasteiger partial charge in [-0.1, -0.05) is 85.9 Å². The number of nitrogens with zero attached hydrogens (tertiary/aromatic N) is 2. The Morgan fingerprint density at radius 2 is 0.766 bits per heavy atom. The van der Waals surface area contributed by atoms with Crippen LogP contribution in [0, 0.1) is 0 Å². The largest absolute Gasteiger partial charge is 2.00 e. The van der Waals surface area contributed by atoms with Crippen molar-refractivity contribution in [1.29, 1.82) is 0 Å². The van der Waals surface area contributed by atoms with Crippen molar-refractivity contribution < 1.29 is 28.9 Å². The fourth-order valence-corrected chi connectivity index (χ4v) is 4.51. The van der Waals surface area contributed by atoms with Crippen LogP contribution in [-0.2, 0) is 0 Å². The van der Waals surface area contributed by atoms with Gasteiger partial charge in [0.1, 0.15) is 11.5 Å². The van der Waals surface area contributed by atoms with E-state index in [1.165, 1.54) is 0 Å². The molecule has 0 aliphatic carbocycles. The summed E-state index contributed by atoms with van der Waals surface area (Å²) in [6, 6.07) is 31.0. The van der Waals surface area contributed by atoms with Crippen LogP contribution >= 0.6 is 0 Å². The molecule has 47 heavy (non-hydrogen) atoms. The van der Waals surface area contributed by atoms with Gasteiger partial charge in [0.05, 0.1) is 28.4 Å². The van der Waals surface area contributed by atoms with Crippen LogP contribution in [0.3, 0.4) is 0 Å². The van der Waals surface area contributed by atoms with E-state index in [4.69, 9.17) is 18.9 Å². The molecule has 0 heterocycles. The average Bonchev–Trinajstić information content (AvgIpc) is 3.05. The maximum atomic E-state index is 5.34. The molecule has 4 rings (SSSR count). The molecule has 2 N–H and O–H groups in total. The Balaban J connectivity index is 0.000000320. The molecule has 0 saturated carbocycles. The monoisotopic (exact) mass is 660 g/mol. The standard InChI is InChI=1S/2C19H21N2O2.Ca/c2*1-14(20-16-9-5-7-11-18(16)22-3)13-15(2)21-17-10-6-8-12-19(17)23-4;/h2*5-13H,1-4H3;/q2*-1;+2/p+2/b2*14-13-,21-15?;. The quantitative estimate of drug-likeness (QED) is 0.133. The minimum Gasteiger partial charge on any atom is -0.658 e. The molecule has 0 spiro atoms. The first-order valence-electron chi connectivity index (χ1n) is 14.8. The van der Waals surface area contributed by atoms with Crippen molar-refractivity contribution in [2.75, 3.05) is 28.4 Å². The summed E-state index contributed by atoms with van der Waals surface area (Å²) in [5.74, 6) is 3.13. The number of rotatable bonds is 12. The summed E-state index contributed by atoms with van der Waals surface area (Å²) in [4.78, 5) is 6.66. The van der Waals surface area contributed by atoms with Crippen molar-refractivity contribution in [3.63, 3.8) is 0 Å². The molecule has 0 unspecified atom stereocenters. The number of methoxy groups -OCH3 is 4. The smallest absolute Gasteiger partial charge is 0.658 e. The molecule has 4 aromatic rings. The first-order chi connectivity index (χ1) is 22.3.